The first-order valence-electron chi connectivity index (χ1n) is 13.4. The molecule has 16 heteroatoms. The van der Waals surface area contributed by atoms with Gasteiger partial charge in [0.05, 0.1) is 26.1 Å². The Balaban J connectivity index is 1.55. The molecule has 6 atom stereocenters. The van der Waals surface area contributed by atoms with Gasteiger partial charge in [0.15, 0.2) is 23.1 Å². The first-order chi connectivity index (χ1) is 19.8. The van der Waals surface area contributed by atoms with Crippen LogP contribution in [0.5, 0.6) is 11.6 Å². The van der Waals surface area contributed by atoms with Crippen LogP contribution in [0.15, 0.2) is 36.7 Å². The number of nitrogens with zero attached hydrogens (tertiary/aromatic N) is 4. The molecule has 1 saturated heterocycles. The van der Waals surface area contributed by atoms with Gasteiger partial charge in [-0.1, -0.05) is 32.0 Å². The fraction of sp³-hybridized carbons (Fsp3) is 0.538. The van der Waals surface area contributed by atoms with Crippen LogP contribution in [0.25, 0.3) is 11.2 Å². The Morgan fingerprint density at radius 1 is 1.29 bits per heavy atom. The predicted octanol–water partition coefficient (Wildman–Crippen LogP) is 3.17. The Labute approximate surface area is 242 Å². The van der Waals surface area contributed by atoms with Crippen molar-refractivity contribution in [1.29, 1.82) is 0 Å². The number of carbonyl (C=O) groups is 1. The molecule has 0 amide bonds. The van der Waals surface area contributed by atoms with Crippen molar-refractivity contribution in [3.8, 4) is 11.6 Å². The SMILES string of the molecule is CCOc1nc(N)nc2c1ncn2C1OC(COP(=O)(NC(C)C(=O)OCC(C)C)Oc2ccccc2)C(O)C1(C)F. The average molecular weight is 611 g/mol. The van der Waals surface area contributed by atoms with Crippen molar-refractivity contribution in [2.75, 3.05) is 25.6 Å². The van der Waals surface area contributed by atoms with E-state index in [2.05, 4.69) is 20.0 Å². The topological polar surface area (TPSA) is 182 Å². The number of nitrogens with two attached hydrogens (primary N) is 1. The number of ether oxygens (including phenoxy) is 3. The van der Waals surface area contributed by atoms with E-state index in [-0.39, 0.29) is 47.9 Å². The van der Waals surface area contributed by atoms with E-state index in [0.29, 0.717) is 0 Å². The van der Waals surface area contributed by atoms with Crippen molar-refractivity contribution in [2.45, 2.75) is 64.8 Å². The van der Waals surface area contributed by atoms with E-state index >= 15 is 4.39 Å². The molecule has 4 rings (SSSR count). The van der Waals surface area contributed by atoms with Gasteiger partial charge < -0.3 is 29.6 Å². The molecule has 2 aromatic heterocycles. The highest BCUT2D eigenvalue weighted by atomic mass is 31.2. The molecule has 6 unspecified atom stereocenters. The summed E-state index contributed by atoms with van der Waals surface area (Å²) in [5.41, 5.74) is 3.80. The normalized spacial score (nSPS) is 24.4. The average Bonchev–Trinajstić information content (AvgIpc) is 3.44. The van der Waals surface area contributed by atoms with Crippen LogP contribution in [-0.4, -0.2) is 74.3 Å². The number of alkyl halides is 1. The van der Waals surface area contributed by atoms with Gasteiger partial charge in [0.2, 0.25) is 11.8 Å². The van der Waals surface area contributed by atoms with E-state index in [0.717, 1.165) is 6.92 Å². The summed E-state index contributed by atoms with van der Waals surface area (Å²) in [6.07, 6.45) is -3.20. The molecule has 0 aliphatic carbocycles. The Morgan fingerprint density at radius 2 is 2.00 bits per heavy atom. The smallest absolute Gasteiger partial charge is 0.459 e. The van der Waals surface area contributed by atoms with E-state index in [1.807, 2.05) is 13.8 Å². The number of carbonyl (C=O) groups excluding carboxylic acids is 1. The molecule has 1 aliphatic heterocycles. The summed E-state index contributed by atoms with van der Waals surface area (Å²) in [6.45, 7) is 7.97. The lowest BCUT2D eigenvalue weighted by molar-refractivity contribution is -0.146. The number of para-hydroxylation sites is 1. The fourth-order valence-corrected chi connectivity index (χ4v) is 5.71. The summed E-state index contributed by atoms with van der Waals surface area (Å²) >= 11 is 0. The maximum atomic E-state index is 16.0. The molecule has 3 heterocycles. The van der Waals surface area contributed by atoms with Crippen LogP contribution in [0.2, 0.25) is 0 Å². The van der Waals surface area contributed by atoms with Crippen molar-refractivity contribution < 1.29 is 42.1 Å². The number of imidazole rings is 1. The minimum Gasteiger partial charge on any atom is -0.476 e. The molecule has 0 radical (unpaired) electrons. The number of aliphatic hydroxyl groups excluding tert-OH is 1. The van der Waals surface area contributed by atoms with Gasteiger partial charge in [0, 0.05) is 0 Å². The molecule has 0 spiro atoms. The number of hydrogen-bond acceptors (Lipinski definition) is 12. The predicted molar refractivity (Wildman–Crippen MR) is 149 cm³/mol. The van der Waals surface area contributed by atoms with Crippen LogP contribution in [0.4, 0.5) is 10.3 Å². The van der Waals surface area contributed by atoms with Gasteiger partial charge in [-0.15, -0.1) is 0 Å². The number of hydrogen-bond donors (Lipinski definition) is 3. The van der Waals surface area contributed by atoms with Crippen LogP contribution in [0, 0.1) is 5.92 Å². The fourth-order valence-electron chi connectivity index (χ4n) is 4.21. The van der Waals surface area contributed by atoms with Crippen molar-refractivity contribution in [2.24, 2.45) is 5.92 Å². The van der Waals surface area contributed by atoms with E-state index < -0.39 is 50.5 Å². The van der Waals surface area contributed by atoms with E-state index in [1.165, 1.54) is 17.8 Å². The minimum atomic E-state index is -4.30. The maximum Gasteiger partial charge on any atom is 0.459 e. The molecular formula is C26H36FN6O8P. The number of anilines is 1. The van der Waals surface area contributed by atoms with Gasteiger partial charge in [0.25, 0.3) is 0 Å². The molecular weight excluding hydrogens is 574 g/mol. The number of nitrogen functional groups attached to an aromatic ring is 1. The molecule has 1 fully saturated rings. The molecule has 0 saturated carbocycles. The molecule has 42 heavy (non-hydrogen) atoms. The van der Waals surface area contributed by atoms with E-state index in [4.69, 9.17) is 29.0 Å². The third-order valence-electron chi connectivity index (χ3n) is 6.30. The van der Waals surface area contributed by atoms with Gasteiger partial charge >= 0.3 is 13.7 Å². The van der Waals surface area contributed by atoms with E-state index in [1.54, 1.807) is 37.3 Å². The molecule has 3 aromatic rings. The first-order valence-corrected chi connectivity index (χ1v) is 15.0. The number of halogens is 1. The maximum absolute atomic E-state index is 16.0. The summed E-state index contributed by atoms with van der Waals surface area (Å²) in [4.78, 5) is 24.9. The first kappa shape index (κ1) is 31.6. The second-order valence-electron chi connectivity index (χ2n) is 10.3. The van der Waals surface area contributed by atoms with Crippen LogP contribution >= 0.6 is 7.75 Å². The number of fused-ring (bicyclic) bond motifs is 1. The highest BCUT2D eigenvalue weighted by molar-refractivity contribution is 7.52. The summed E-state index contributed by atoms with van der Waals surface area (Å²) in [6, 6.07) is 7.05. The van der Waals surface area contributed by atoms with Crippen LogP contribution in [0.3, 0.4) is 0 Å². The third kappa shape index (κ3) is 6.98. The number of esters is 1. The van der Waals surface area contributed by atoms with Crippen molar-refractivity contribution in [3.05, 3.63) is 36.7 Å². The summed E-state index contributed by atoms with van der Waals surface area (Å²) in [7, 11) is -4.30. The second kappa shape index (κ2) is 12.9. The highest BCUT2D eigenvalue weighted by Crippen LogP contribution is 2.48. The van der Waals surface area contributed by atoms with Crippen molar-refractivity contribution in [1.82, 2.24) is 24.6 Å². The highest BCUT2D eigenvalue weighted by Gasteiger charge is 2.56. The lowest BCUT2D eigenvalue weighted by Crippen LogP contribution is -2.41. The lowest BCUT2D eigenvalue weighted by atomic mass is 9.98. The zero-order valence-corrected chi connectivity index (χ0v) is 24.9. The molecule has 1 aliphatic rings. The van der Waals surface area contributed by atoms with Crippen molar-refractivity contribution in [3.63, 3.8) is 0 Å². The van der Waals surface area contributed by atoms with Crippen LogP contribution in [0.1, 0.15) is 40.8 Å². The van der Waals surface area contributed by atoms with E-state index in [9.17, 15) is 14.5 Å². The second-order valence-corrected chi connectivity index (χ2v) is 12.0. The molecule has 4 N–H and O–H groups in total. The molecule has 14 nitrogen and oxygen atoms in total. The molecule has 230 valence electrons. The lowest BCUT2D eigenvalue weighted by Gasteiger charge is -2.25. The summed E-state index contributed by atoms with van der Waals surface area (Å²) in [5, 5.41) is 13.5. The van der Waals surface area contributed by atoms with Gasteiger partial charge in [-0.05, 0) is 38.8 Å². The molecule has 0 bridgehead atoms. The Kier molecular flexibility index (Phi) is 9.68. The monoisotopic (exact) mass is 610 g/mol. The largest absolute Gasteiger partial charge is 0.476 e. The van der Waals surface area contributed by atoms with Gasteiger partial charge in [-0.2, -0.15) is 15.1 Å². The van der Waals surface area contributed by atoms with Gasteiger partial charge in [0.1, 0.15) is 24.0 Å². The van der Waals surface area contributed by atoms with Gasteiger partial charge in [-0.25, -0.2) is 13.9 Å². The minimum absolute atomic E-state index is 0.0926. The standard InChI is InChI=1S/C26H36FN6O8P/c1-6-37-22-19-21(30-25(28)31-22)33(14-29-19)24-26(5,27)20(34)18(40-24)13-39-42(36,41-17-10-8-7-9-11-17)32-16(4)23(35)38-12-15(2)3/h7-11,14-16,18,20,24,34H,6,12-13H2,1-5H3,(H,32,36)(H2,28,30,31). The Bertz CT molecular complexity index is 1420. The number of aliphatic hydroxyl groups is 1. The van der Waals surface area contributed by atoms with Gasteiger partial charge in [-0.3, -0.25) is 13.9 Å². The summed E-state index contributed by atoms with van der Waals surface area (Å²) < 4.78 is 58.9. The van der Waals surface area contributed by atoms with Crippen molar-refractivity contribution >= 4 is 30.8 Å². The quantitative estimate of drug-likeness (QED) is 0.190. The van der Waals surface area contributed by atoms with Crippen LogP contribution < -0.4 is 20.1 Å². The van der Waals surface area contributed by atoms with Crippen LogP contribution in [-0.2, 0) is 23.4 Å². The Hall–Kier alpha value is -3.36. The number of benzene rings is 1. The Morgan fingerprint density at radius 3 is 2.67 bits per heavy atom. The molecule has 1 aromatic carbocycles. The summed E-state index contributed by atoms with van der Waals surface area (Å²) in [5.74, 6) is -0.404. The number of nitrogens with one attached hydrogen (secondary N) is 1. The number of rotatable bonds is 13. The zero-order chi connectivity index (χ0) is 30.7. The zero-order valence-electron chi connectivity index (χ0n) is 24.0. The number of aromatic nitrogens is 4. The third-order valence-corrected chi connectivity index (χ3v) is 7.94.